The number of amides is 1. The largest absolute Gasteiger partial charge is 0.573 e. The molecule has 1 aliphatic rings. The Morgan fingerprint density at radius 1 is 0.943 bits per heavy atom. The molecule has 0 fully saturated rings. The van der Waals surface area contributed by atoms with Crippen LogP contribution in [0.3, 0.4) is 0 Å². The number of carbonyl (C=O) groups excluding carboxylic acids is 1. The first-order valence-electron chi connectivity index (χ1n) is 10.9. The summed E-state index contributed by atoms with van der Waals surface area (Å²) in [5, 5.41) is 11.8. The maximum atomic E-state index is 12.4. The van der Waals surface area contributed by atoms with E-state index >= 15 is 0 Å². The molecule has 0 aromatic heterocycles. The summed E-state index contributed by atoms with van der Waals surface area (Å²) in [6.45, 7) is 0.0308. The Morgan fingerprint density at radius 3 is 2.17 bits per heavy atom. The smallest absolute Gasteiger partial charge is 0.480 e. The number of benzene rings is 3. The van der Waals surface area contributed by atoms with E-state index in [1.54, 1.807) is 6.07 Å². The van der Waals surface area contributed by atoms with Crippen molar-refractivity contribution in [3.63, 3.8) is 0 Å². The molecule has 1 atom stereocenters. The van der Waals surface area contributed by atoms with Crippen LogP contribution < -0.4 is 10.1 Å². The van der Waals surface area contributed by atoms with Crippen LogP contribution in [0.2, 0.25) is 0 Å². The van der Waals surface area contributed by atoms with E-state index in [0.29, 0.717) is 5.56 Å². The fourth-order valence-electron chi connectivity index (χ4n) is 4.25. The summed E-state index contributed by atoms with van der Waals surface area (Å²) in [6, 6.07) is 19.6. The van der Waals surface area contributed by atoms with Gasteiger partial charge in [-0.05, 0) is 52.8 Å². The van der Waals surface area contributed by atoms with Gasteiger partial charge in [0, 0.05) is 5.92 Å². The molecule has 9 heteroatoms. The number of nitrogens with one attached hydrogen (secondary N) is 1. The fraction of sp³-hybridized carbons (Fsp3) is 0.231. The van der Waals surface area contributed by atoms with Crippen molar-refractivity contribution >= 4 is 12.1 Å². The third kappa shape index (κ3) is 5.92. The number of ether oxygens (including phenoxy) is 2. The second-order valence-electron chi connectivity index (χ2n) is 8.09. The summed E-state index contributed by atoms with van der Waals surface area (Å²) in [5.41, 5.74) is 4.62. The number of carboxylic acid groups (broad SMARTS) is 1. The molecule has 0 heterocycles. The average Bonchev–Trinajstić information content (AvgIpc) is 3.13. The van der Waals surface area contributed by atoms with Gasteiger partial charge in [0.25, 0.3) is 0 Å². The molecule has 2 N–H and O–H groups in total. The molecule has 35 heavy (non-hydrogen) atoms. The zero-order valence-corrected chi connectivity index (χ0v) is 18.4. The van der Waals surface area contributed by atoms with E-state index in [1.165, 1.54) is 12.1 Å². The van der Waals surface area contributed by atoms with Gasteiger partial charge in [-0.3, -0.25) is 0 Å². The lowest BCUT2D eigenvalue weighted by Gasteiger charge is -2.17. The van der Waals surface area contributed by atoms with E-state index in [1.807, 2.05) is 48.5 Å². The van der Waals surface area contributed by atoms with Crippen LogP contribution in [0, 0.1) is 0 Å². The molecule has 0 aliphatic heterocycles. The summed E-state index contributed by atoms with van der Waals surface area (Å²) in [6.07, 6.45) is -5.65. The molecular formula is C26H22F3NO5. The van der Waals surface area contributed by atoms with Crippen molar-refractivity contribution in [2.24, 2.45) is 0 Å². The van der Waals surface area contributed by atoms with Gasteiger partial charge in [-0.1, -0.05) is 60.7 Å². The van der Waals surface area contributed by atoms with E-state index in [2.05, 4.69) is 10.1 Å². The number of carbonyl (C=O) groups is 2. The Kier molecular flexibility index (Phi) is 6.95. The molecule has 3 aromatic rings. The molecule has 0 bridgehead atoms. The number of alkyl carbamates (subject to hydrolysis) is 1. The molecule has 1 amide bonds. The van der Waals surface area contributed by atoms with Crippen LogP contribution in [0.15, 0.2) is 72.8 Å². The summed E-state index contributed by atoms with van der Waals surface area (Å²) < 4.78 is 46.5. The van der Waals surface area contributed by atoms with Gasteiger partial charge in [-0.2, -0.15) is 0 Å². The summed E-state index contributed by atoms with van der Waals surface area (Å²) in [7, 11) is 0. The van der Waals surface area contributed by atoms with Crippen LogP contribution >= 0.6 is 0 Å². The predicted molar refractivity (Wildman–Crippen MR) is 121 cm³/mol. The van der Waals surface area contributed by atoms with Gasteiger partial charge < -0.3 is 19.9 Å². The van der Waals surface area contributed by atoms with Crippen molar-refractivity contribution in [3.8, 4) is 16.9 Å². The van der Waals surface area contributed by atoms with Gasteiger partial charge >= 0.3 is 18.4 Å². The Hall–Kier alpha value is -4.01. The zero-order chi connectivity index (χ0) is 25.0. The fourth-order valence-corrected chi connectivity index (χ4v) is 4.25. The van der Waals surface area contributed by atoms with Crippen molar-refractivity contribution in [2.75, 3.05) is 6.61 Å². The molecule has 0 radical (unpaired) electrons. The van der Waals surface area contributed by atoms with Gasteiger partial charge in [-0.25, -0.2) is 9.59 Å². The minimum Gasteiger partial charge on any atom is -0.480 e. The third-order valence-corrected chi connectivity index (χ3v) is 5.79. The molecule has 0 saturated carbocycles. The molecule has 4 rings (SSSR count). The quantitative estimate of drug-likeness (QED) is 0.440. The minimum atomic E-state index is -4.83. The summed E-state index contributed by atoms with van der Waals surface area (Å²) >= 11 is 0. The van der Waals surface area contributed by atoms with Crippen LogP contribution in [0.4, 0.5) is 18.0 Å². The van der Waals surface area contributed by atoms with Crippen LogP contribution in [-0.4, -0.2) is 36.2 Å². The standard InChI is InChI=1S/C26H22F3NO5/c27-26(28,29)35-17-7-5-6-16(14-17)12-13-23(24(31)32)30-25(33)34-15-22-20-10-3-1-8-18(20)19-9-2-4-11-21(19)22/h1-11,14,22-23H,12-13,15H2,(H,30,33)(H,31,32)/t23-/m1/s1. The Morgan fingerprint density at radius 2 is 1.57 bits per heavy atom. The highest BCUT2D eigenvalue weighted by molar-refractivity contribution is 5.81. The minimum absolute atomic E-state index is 0.0308. The average molecular weight is 485 g/mol. The highest BCUT2D eigenvalue weighted by Crippen LogP contribution is 2.44. The maximum Gasteiger partial charge on any atom is 0.573 e. The topological polar surface area (TPSA) is 84.9 Å². The predicted octanol–water partition coefficient (Wildman–Crippen LogP) is 5.51. The monoisotopic (exact) mass is 485 g/mol. The van der Waals surface area contributed by atoms with Gasteiger partial charge in [0.2, 0.25) is 0 Å². The van der Waals surface area contributed by atoms with E-state index in [9.17, 15) is 27.9 Å². The number of hydrogen-bond donors (Lipinski definition) is 2. The van der Waals surface area contributed by atoms with Crippen molar-refractivity contribution in [3.05, 3.63) is 89.5 Å². The van der Waals surface area contributed by atoms with E-state index in [4.69, 9.17) is 4.74 Å². The molecule has 0 saturated heterocycles. The van der Waals surface area contributed by atoms with E-state index < -0.39 is 30.2 Å². The summed E-state index contributed by atoms with van der Waals surface area (Å²) in [5.74, 6) is -1.85. The first-order valence-corrected chi connectivity index (χ1v) is 10.9. The van der Waals surface area contributed by atoms with Crippen molar-refractivity contribution in [1.29, 1.82) is 0 Å². The maximum absolute atomic E-state index is 12.4. The van der Waals surface area contributed by atoms with Gasteiger partial charge in [0.05, 0.1) is 0 Å². The Bertz CT molecular complexity index is 1180. The van der Waals surface area contributed by atoms with Crippen molar-refractivity contribution in [1.82, 2.24) is 5.32 Å². The van der Waals surface area contributed by atoms with E-state index in [0.717, 1.165) is 28.3 Å². The van der Waals surface area contributed by atoms with Gasteiger partial charge in [0.15, 0.2) is 0 Å². The van der Waals surface area contributed by atoms with Crippen LogP contribution in [0.5, 0.6) is 5.75 Å². The van der Waals surface area contributed by atoms with Crippen LogP contribution in [0.25, 0.3) is 11.1 Å². The summed E-state index contributed by atoms with van der Waals surface area (Å²) in [4.78, 5) is 24.1. The number of alkyl halides is 3. The number of halogens is 3. The number of carboxylic acids is 1. The van der Waals surface area contributed by atoms with Crippen molar-refractivity contribution < 1.29 is 37.3 Å². The number of rotatable bonds is 8. The molecule has 0 unspecified atom stereocenters. The molecule has 6 nitrogen and oxygen atoms in total. The normalized spacial score (nSPS) is 13.5. The lowest BCUT2D eigenvalue weighted by atomic mass is 9.98. The number of hydrogen-bond acceptors (Lipinski definition) is 4. The first kappa shape index (κ1) is 24.1. The highest BCUT2D eigenvalue weighted by Gasteiger charge is 2.31. The third-order valence-electron chi connectivity index (χ3n) is 5.79. The van der Waals surface area contributed by atoms with Crippen LogP contribution in [0.1, 0.15) is 29.0 Å². The Labute approximate surface area is 199 Å². The molecule has 1 aliphatic carbocycles. The van der Waals surface area contributed by atoms with Gasteiger partial charge in [-0.15, -0.1) is 13.2 Å². The SMILES string of the molecule is O=C(N[C@H](CCc1cccc(OC(F)(F)F)c1)C(=O)O)OCC1c2ccccc2-c2ccccc21. The lowest BCUT2D eigenvalue weighted by Crippen LogP contribution is -2.41. The zero-order valence-electron chi connectivity index (χ0n) is 18.4. The number of fused-ring (bicyclic) bond motifs is 3. The molecule has 0 spiro atoms. The number of aliphatic carboxylic acids is 1. The second-order valence-corrected chi connectivity index (χ2v) is 8.09. The van der Waals surface area contributed by atoms with Gasteiger partial charge in [0.1, 0.15) is 18.4 Å². The van der Waals surface area contributed by atoms with Crippen LogP contribution in [-0.2, 0) is 16.0 Å². The second kappa shape index (κ2) is 10.1. The molecule has 3 aromatic carbocycles. The van der Waals surface area contributed by atoms with E-state index in [-0.39, 0.29) is 25.4 Å². The Balaban J connectivity index is 1.36. The first-order chi connectivity index (χ1) is 16.7. The molecular weight excluding hydrogens is 463 g/mol. The highest BCUT2D eigenvalue weighted by atomic mass is 19.4. The van der Waals surface area contributed by atoms with Crippen molar-refractivity contribution in [2.45, 2.75) is 31.2 Å². The number of aryl methyl sites for hydroxylation is 1. The lowest BCUT2D eigenvalue weighted by molar-refractivity contribution is -0.274. The molecule has 182 valence electrons.